The van der Waals surface area contributed by atoms with Crippen molar-refractivity contribution in [2.45, 2.75) is 38.7 Å². The minimum atomic E-state index is -0.906. The molecule has 0 aliphatic heterocycles. The van der Waals surface area contributed by atoms with Gasteiger partial charge in [0.2, 0.25) is 0 Å². The summed E-state index contributed by atoms with van der Waals surface area (Å²) in [4.78, 5) is 0. The van der Waals surface area contributed by atoms with E-state index in [1.54, 1.807) is 0 Å². The predicted octanol–water partition coefficient (Wildman–Crippen LogP) is 6.65. The predicted molar refractivity (Wildman–Crippen MR) is 112 cm³/mol. The van der Waals surface area contributed by atoms with Gasteiger partial charge in [0.25, 0.3) is 0 Å². The molecule has 0 fully saturated rings. The van der Waals surface area contributed by atoms with Crippen molar-refractivity contribution in [3.63, 3.8) is 0 Å². The Labute approximate surface area is 163 Å². The molecule has 132 valence electrons. The number of aliphatic hydroxyl groups is 1. The number of halogens is 1. The van der Waals surface area contributed by atoms with Crippen LogP contribution in [0, 0.1) is 0 Å². The lowest BCUT2D eigenvalue weighted by molar-refractivity contribution is 0.0791. The van der Waals surface area contributed by atoms with Crippen molar-refractivity contribution in [2.75, 3.05) is 0 Å². The van der Waals surface area contributed by atoms with Gasteiger partial charge in [0.1, 0.15) is 0 Å². The van der Waals surface area contributed by atoms with Gasteiger partial charge in [0.05, 0.1) is 5.60 Å². The van der Waals surface area contributed by atoms with Crippen LogP contribution in [0.25, 0.3) is 22.3 Å². The Bertz CT molecular complexity index is 1010. The Hall–Kier alpha value is -1.90. The third kappa shape index (κ3) is 2.64. The topological polar surface area (TPSA) is 20.2 Å². The van der Waals surface area contributed by atoms with Crippen molar-refractivity contribution >= 4 is 15.9 Å². The first kappa shape index (κ1) is 17.5. The third-order valence-corrected chi connectivity index (χ3v) is 6.03. The number of rotatable bonds is 2. The Morgan fingerprint density at radius 3 is 2.19 bits per heavy atom. The lowest BCUT2D eigenvalue weighted by Crippen LogP contribution is -2.17. The van der Waals surface area contributed by atoms with E-state index in [9.17, 15) is 5.11 Å². The van der Waals surface area contributed by atoms with E-state index in [4.69, 9.17) is 0 Å². The van der Waals surface area contributed by atoms with Crippen LogP contribution in [0.4, 0.5) is 0 Å². The van der Waals surface area contributed by atoms with E-state index in [1.165, 1.54) is 22.3 Å². The van der Waals surface area contributed by atoms with Gasteiger partial charge in [-0.3, -0.25) is 0 Å². The average molecular weight is 407 g/mol. The fourth-order valence-corrected chi connectivity index (χ4v) is 4.51. The first-order valence-corrected chi connectivity index (χ1v) is 9.76. The molecule has 0 atom stereocenters. The number of benzene rings is 3. The van der Waals surface area contributed by atoms with Crippen LogP contribution in [-0.2, 0) is 11.0 Å². The highest BCUT2D eigenvalue weighted by Crippen LogP contribution is 2.49. The SMILES string of the molecule is CC(C)(O)c1cc(Br)ccc1-c1ccc2c(c1)C(C)(C)c1ccccc1-2. The molecule has 0 heterocycles. The van der Waals surface area contributed by atoms with E-state index < -0.39 is 5.60 Å². The summed E-state index contributed by atoms with van der Waals surface area (Å²) in [5.41, 5.74) is 7.60. The first-order valence-electron chi connectivity index (χ1n) is 8.97. The molecule has 1 N–H and O–H groups in total. The van der Waals surface area contributed by atoms with Crippen LogP contribution in [0.5, 0.6) is 0 Å². The van der Waals surface area contributed by atoms with Gasteiger partial charge in [-0.15, -0.1) is 0 Å². The smallest absolute Gasteiger partial charge is 0.0846 e. The molecule has 1 nitrogen and oxygen atoms in total. The molecule has 2 heteroatoms. The number of hydrogen-bond acceptors (Lipinski definition) is 1. The highest BCUT2D eigenvalue weighted by molar-refractivity contribution is 9.10. The van der Waals surface area contributed by atoms with Crippen LogP contribution in [0.15, 0.2) is 65.1 Å². The van der Waals surface area contributed by atoms with Gasteiger partial charge >= 0.3 is 0 Å². The lowest BCUT2D eigenvalue weighted by Gasteiger charge is -2.24. The third-order valence-electron chi connectivity index (χ3n) is 5.54. The maximum absolute atomic E-state index is 10.7. The fourth-order valence-electron chi connectivity index (χ4n) is 4.15. The van der Waals surface area contributed by atoms with Crippen LogP contribution in [0.1, 0.15) is 44.4 Å². The molecule has 0 amide bonds. The summed E-state index contributed by atoms with van der Waals surface area (Å²) in [6, 6.07) is 21.5. The Kier molecular flexibility index (Phi) is 3.91. The Morgan fingerprint density at radius 2 is 1.46 bits per heavy atom. The average Bonchev–Trinajstić information content (AvgIpc) is 2.82. The maximum atomic E-state index is 10.7. The van der Waals surface area contributed by atoms with Crippen LogP contribution < -0.4 is 0 Å². The normalized spacial score (nSPS) is 14.8. The van der Waals surface area contributed by atoms with Crippen molar-refractivity contribution < 1.29 is 5.11 Å². The monoisotopic (exact) mass is 406 g/mol. The van der Waals surface area contributed by atoms with Crippen LogP contribution in [-0.4, -0.2) is 5.11 Å². The number of fused-ring (bicyclic) bond motifs is 3. The summed E-state index contributed by atoms with van der Waals surface area (Å²) in [6.07, 6.45) is 0. The summed E-state index contributed by atoms with van der Waals surface area (Å²) in [7, 11) is 0. The number of hydrogen-bond donors (Lipinski definition) is 1. The molecular weight excluding hydrogens is 384 g/mol. The second-order valence-corrected chi connectivity index (χ2v) is 9.10. The van der Waals surface area contributed by atoms with E-state index in [1.807, 2.05) is 26.0 Å². The lowest BCUT2D eigenvalue weighted by atomic mass is 9.81. The van der Waals surface area contributed by atoms with Gasteiger partial charge in [0, 0.05) is 9.89 Å². The molecule has 0 bridgehead atoms. The molecule has 0 saturated carbocycles. The van der Waals surface area contributed by atoms with Gasteiger partial charge < -0.3 is 5.11 Å². The standard InChI is InChI=1S/C24H23BrO/c1-23(2)20-8-6-5-7-18(20)19-11-9-15(13-21(19)23)17-12-10-16(25)14-22(17)24(3,4)26/h5-14,26H,1-4H3. The van der Waals surface area contributed by atoms with Gasteiger partial charge in [-0.05, 0) is 71.0 Å². The largest absolute Gasteiger partial charge is 0.386 e. The minimum absolute atomic E-state index is 0.0216. The van der Waals surface area contributed by atoms with E-state index in [0.717, 1.165) is 21.2 Å². The molecule has 3 aromatic rings. The van der Waals surface area contributed by atoms with Crippen LogP contribution in [0.3, 0.4) is 0 Å². The summed E-state index contributed by atoms with van der Waals surface area (Å²) in [6.45, 7) is 8.26. The molecule has 26 heavy (non-hydrogen) atoms. The van der Waals surface area contributed by atoms with Crippen molar-refractivity contribution in [1.29, 1.82) is 0 Å². The summed E-state index contributed by atoms with van der Waals surface area (Å²) >= 11 is 3.54. The van der Waals surface area contributed by atoms with Gasteiger partial charge in [-0.1, -0.05) is 72.2 Å². The molecular formula is C24H23BrO. The van der Waals surface area contributed by atoms with E-state index >= 15 is 0 Å². The first-order chi connectivity index (χ1) is 12.2. The molecule has 0 unspecified atom stereocenters. The maximum Gasteiger partial charge on any atom is 0.0846 e. The van der Waals surface area contributed by atoms with E-state index in [-0.39, 0.29) is 5.41 Å². The summed E-state index contributed by atoms with van der Waals surface area (Å²) in [5, 5.41) is 10.7. The molecule has 0 aromatic heterocycles. The Balaban J connectivity index is 1.93. The van der Waals surface area contributed by atoms with Gasteiger partial charge in [-0.2, -0.15) is 0 Å². The molecule has 4 rings (SSSR count). The van der Waals surface area contributed by atoms with Crippen molar-refractivity contribution in [1.82, 2.24) is 0 Å². The van der Waals surface area contributed by atoms with Crippen molar-refractivity contribution in [3.05, 3.63) is 81.8 Å². The quantitative estimate of drug-likeness (QED) is 0.504. The fraction of sp³-hybridized carbons (Fsp3) is 0.250. The molecule has 0 spiro atoms. The highest BCUT2D eigenvalue weighted by Gasteiger charge is 2.35. The summed E-state index contributed by atoms with van der Waals surface area (Å²) in [5.74, 6) is 0. The van der Waals surface area contributed by atoms with Gasteiger partial charge in [0.15, 0.2) is 0 Å². The second kappa shape index (κ2) is 5.80. The van der Waals surface area contributed by atoms with E-state index in [2.05, 4.69) is 78.3 Å². The summed E-state index contributed by atoms with van der Waals surface area (Å²) < 4.78 is 0.979. The van der Waals surface area contributed by atoms with E-state index in [0.29, 0.717) is 0 Å². The molecule has 1 aliphatic rings. The Morgan fingerprint density at radius 1 is 0.808 bits per heavy atom. The molecule has 0 radical (unpaired) electrons. The second-order valence-electron chi connectivity index (χ2n) is 8.18. The zero-order chi connectivity index (χ0) is 18.7. The molecule has 1 aliphatic carbocycles. The molecule has 3 aromatic carbocycles. The van der Waals surface area contributed by atoms with Crippen molar-refractivity contribution in [2.24, 2.45) is 0 Å². The zero-order valence-corrected chi connectivity index (χ0v) is 17.2. The van der Waals surface area contributed by atoms with Crippen LogP contribution in [0.2, 0.25) is 0 Å². The zero-order valence-electron chi connectivity index (χ0n) is 15.6. The van der Waals surface area contributed by atoms with Crippen LogP contribution >= 0.6 is 15.9 Å². The van der Waals surface area contributed by atoms with Gasteiger partial charge in [-0.25, -0.2) is 0 Å². The molecule has 0 saturated heterocycles. The van der Waals surface area contributed by atoms with Crippen molar-refractivity contribution in [3.8, 4) is 22.3 Å². The minimum Gasteiger partial charge on any atom is -0.386 e. The highest BCUT2D eigenvalue weighted by atomic mass is 79.9.